The highest BCUT2D eigenvalue weighted by Gasteiger charge is 2.17. The third-order valence-electron chi connectivity index (χ3n) is 3.96. The normalized spacial score (nSPS) is 14.7. The van der Waals surface area contributed by atoms with Crippen LogP contribution in [0.15, 0.2) is 33.9 Å². The lowest BCUT2D eigenvalue weighted by Gasteiger charge is -2.25. The Labute approximate surface area is 143 Å². The van der Waals surface area contributed by atoms with Crippen LogP contribution in [0.1, 0.15) is 36.1 Å². The fourth-order valence-electron chi connectivity index (χ4n) is 2.56. The fraction of sp³-hybridized carbons (Fsp3) is 0.529. The number of nitrogens with zero attached hydrogens (tertiary/aromatic N) is 4. The maximum atomic E-state index is 5.66. The molecule has 132 valence electrons. The molecule has 0 bridgehead atoms. The molecule has 2 N–H and O–H groups in total. The molecule has 2 atom stereocenters. The summed E-state index contributed by atoms with van der Waals surface area (Å²) in [6.45, 7) is 4.72. The van der Waals surface area contributed by atoms with E-state index in [9.17, 15) is 0 Å². The van der Waals surface area contributed by atoms with Gasteiger partial charge in [-0.3, -0.25) is 9.67 Å². The summed E-state index contributed by atoms with van der Waals surface area (Å²) in [7, 11) is 7.81. The van der Waals surface area contributed by atoms with Crippen LogP contribution in [0.25, 0.3) is 0 Å². The van der Waals surface area contributed by atoms with E-state index < -0.39 is 0 Å². The van der Waals surface area contributed by atoms with Gasteiger partial charge in [-0.05, 0) is 40.1 Å². The first-order valence-electron chi connectivity index (χ1n) is 8.09. The molecule has 7 heteroatoms. The van der Waals surface area contributed by atoms with Gasteiger partial charge in [-0.1, -0.05) is 0 Å². The van der Waals surface area contributed by atoms with Gasteiger partial charge in [-0.25, -0.2) is 0 Å². The summed E-state index contributed by atoms with van der Waals surface area (Å²) >= 11 is 0. The summed E-state index contributed by atoms with van der Waals surface area (Å²) in [6, 6.07) is 4.20. The molecule has 0 aromatic carbocycles. The van der Waals surface area contributed by atoms with Crippen LogP contribution in [0.3, 0.4) is 0 Å². The van der Waals surface area contributed by atoms with Crippen molar-refractivity contribution >= 4 is 5.96 Å². The molecule has 2 rings (SSSR count). The number of aliphatic imine (C=N–C) groups is 1. The van der Waals surface area contributed by atoms with E-state index in [1.807, 2.05) is 43.2 Å². The second-order valence-electron chi connectivity index (χ2n) is 6.19. The highest BCUT2D eigenvalue weighted by Crippen LogP contribution is 2.17. The van der Waals surface area contributed by atoms with E-state index in [2.05, 4.69) is 46.6 Å². The van der Waals surface area contributed by atoms with Gasteiger partial charge in [0.15, 0.2) is 5.96 Å². The average Bonchev–Trinajstić information content (AvgIpc) is 3.14. The summed E-state index contributed by atoms with van der Waals surface area (Å²) in [5, 5.41) is 11.0. The van der Waals surface area contributed by atoms with Crippen LogP contribution in [-0.2, 0) is 7.05 Å². The average molecular weight is 332 g/mol. The minimum atomic E-state index is 0.0427. The maximum absolute atomic E-state index is 5.66. The van der Waals surface area contributed by atoms with Gasteiger partial charge in [0.2, 0.25) is 0 Å². The number of nitrogens with one attached hydrogen (secondary N) is 2. The fourth-order valence-corrected chi connectivity index (χ4v) is 2.56. The minimum absolute atomic E-state index is 0.0427. The first-order chi connectivity index (χ1) is 11.4. The molecule has 0 amide bonds. The summed E-state index contributed by atoms with van der Waals surface area (Å²) in [5.74, 6) is 2.55. The lowest BCUT2D eigenvalue weighted by atomic mass is 10.1. The minimum Gasteiger partial charge on any atom is -0.464 e. The second-order valence-corrected chi connectivity index (χ2v) is 6.19. The molecule has 0 fully saturated rings. The molecule has 0 saturated heterocycles. The maximum Gasteiger partial charge on any atom is 0.191 e. The van der Waals surface area contributed by atoms with Gasteiger partial charge in [0.25, 0.3) is 0 Å². The Morgan fingerprint density at radius 1 is 1.42 bits per heavy atom. The van der Waals surface area contributed by atoms with E-state index in [0.29, 0.717) is 0 Å². The molecule has 0 aliphatic carbocycles. The van der Waals surface area contributed by atoms with Crippen LogP contribution in [0, 0.1) is 6.92 Å². The van der Waals surface area contributed by atoms with E-state index in [-0.39, 0.29) is 12.1 Å². The van der Waals surface area contributed by atoms with Crippen LogP contribution >= 0.6 is 0 Å². The third kappa shape index (κ3) is 4.61. The second kappa shape index (κ2) is 8.01. The topological polar surface area (TPSA) is 70.6 Å². The summed E-state index contributed by atoms with van der Waals surface area (Å²) in [5.41, 5.74) is 1.17. The van der Waals surface area contributed by atoms with E-state index >= 15 is 0 Å². The van der Waals surface area contributed by atoms with Gasteiger partial charge in [-0.15, -0.1) is 0 Å². The first-order valence-corrected chi connectivity index (χ1v) is 8.09. The van der Waals surface area contributed by atoms with Gasteiger partial charge < -0.3 is 20.0 Å². The predicted octanol–water partition coefficient (Wildman–Crippen LogP) is 1.85. The predicted molar refractivity (Wildman–Crippen MR) is 96.0 cm³/mol. The lowest BCUT2D eigenvalue weighted by molar-refractivity contribution is 0.297. The monoisotopic (exact) mass is 332 g/mol. The number of aromatic nitrogens is 2. The van der Waals surface area contributed by atoms with Crippen LogP contribution < -0.4 is 10.6 Å². The number of hydrogen-bond donors (Lipinski definition) is 2. The Kier molecular flexibility index (Phi) is 6.03. The van der Waals surface area contributed by atoms with Crippen molar-refractivity contribution in [2.75, 3.05) is 27.7 Å². The number of rotatable bonds is 6. The zero-order valence-electron chi connectivity index (χ0n) is 15.4. The summed E-state index contributed by atoms with van der Waals surface area (Å²) in [6.07, 6.45) is 3.94. The number of guanidine groups is 1. The Morgan fingerprint density at radius 2 is 2.17 bits per heavy atom. The van der Waals surface area contributed by atoms with Crippen LogP contribution in [0.4, 0.5) is 0 Å². The zero-order chi connectivity index (χ0) is 17.7. The molecule has 2 aromatic heterocycles. The van der Waals surface area contributed by atoms with Gasteiger partial charge in [0.05, 0.1) is 18.3 Å². The van der Waals surface area contributed by atoms with Crippen molar-refractivity contribution < 1.29 is 4.42 Å². The first kappa shape index (κ1) is 18.1. The van der Waals surface area contributed by atoms with E-state index in [1.54, 1.807) is 7.05 Å². The number of aryl methyl sites for hydroxylation is 2. The van der Waals surface area contributed by atoms with Crippen LogP contribution in [0.5, 0.6) is 0 Å². The summed E-state index contributed by atoms with van der Waals surface area (Å²) in [4.78, 5) is 6.47. The van der Waals surface area contributed by atoms with E-state index in [4.69, 9.17) is 4.42 Å². The van der Waals surface area contributed by atoms with Gasteiger partial charge in [0.1, 0.15) is 11.5 Å². The molecule has 0 saturated carbocycles. The van der Waals surface area contributed by atoms with Crippen molar-refractivity contribution in [3.63, 3.8) is 0 Å². The Bertz CT molecular complexity index is 672. The SMILES string of the molecule is CN=C(NCC(c1cnn(C)c1)N(C)C)NC(C)c1ccc(C)o1. The molecule has 2 unspecified atom stereocenters. The smallest absolute Gasteiger partial charge is 0.191 e. The molecule has 2 aromatic rings. The van der Waals surface area contributed by atoms with Crippen molar-refractivity contribution in [1.29, 1.82) is 0 Å². The van der Waals surface area contributed by atoms with E-state index in [1.165, 1.54) is 5.56 Å². The van der Waals surface area contributed by atoms with Crippen LogP contribution in [-0.4, -0.2) is 48.3 Å². The molecular formula is C17H28N6O. The molecule has 0 aliphatic rings. The van der Waals surface area contributed by atoms with Gasteiger partial charge in [-0.2, -0.15) is 5.10 Å². The third-order valence-corrected chi connectivity index (χ3v) is 3.96. The van der Waals surface area contributed by atoms with Crippen molar-refractivity contribution in [3.8, 4) is 0 Å². The Hall–Kier alpha value is -2.28. The highest BCUT2D eigenvalue weighted by atomic mass is 16.3. The highest BCUT2D eigenvalue weighted by molar-refractivity contribution is 5.80. The van der Waals surface area contributed by atoms with Crippen LogP contribution in [0.2, 0.25) is 0 Å². The van der Waals surface area contributed by atoms with Gasteiger partial charge in [0, 0.05) is 32.4 Å². The molecule has 0 radical (unpaired) electrons. The molecule has 0 aliphatic heterocycles. The molecular weight excluding hydrogens is 304 g/mol. The molecule has 7 nitrogen and oxygen atoms in total. The van der Waals surface area contributed by atoms with Crippen molar-refractivity contribution in [2.45, 2.75) is 25.9 Å². The van der Waals surface area contributed by atoms with Crippen molar-refractivity contribution in [2.24, 2.45) is 12.0 Å². The molecule has 24 heavy (non-hydrogen) atoms. The summed E-state index contributed by atoms with van der Waals surface area (Å²) < 4.78 is 7.48. The van der Waals surface area contributed by atoms with Crippen molar-refractivity contribution in [1.82, 2.24) is 25.3 Å². The van der Waals surface area contributed by atoms with Gasteiger partial charge >= 0.3 is 0 Å². The van der Waals surface area contributed by atoms with Crippen molar-refractivity contribution in [3.05, 3.63) is 41.6 Å². The zero-order valence-corrected chi connectivity index (χ0v) is 15.4. The number of likely N-dealkylation sites (N-methyl/N-ethyl adjacent to an activating group) is 1. The standard InChI is InChI=1S/C17H28N6O/c1-12-7-8-16(24-12)13(2)21-17(18-3)19-10-15(22(4)5)14-9-20-23(6)11-14/h7-9,11,13,15H,10H2,1-6H3,(H2,18,19,21). The largest absolute Gasteiger partial charge is 0.464 e. The van der Waals surface area contributed by atoms with E-state index in [0.717, 1.165) is 24.0 Å². The lowest BCUT2D eigenvalue weighted by Crippen LogP contribution is -2.42. The number of hydrogen-bond acceptors (Lipinski definition) is 4. The Balaban J connectivity index is 1.96. The molecule has 0 spiro atoms. The Morgan fingerprint density at radius 3 is 2.67 bits per heavy atom. The molecule has 2 heterocycles. The number of furan rings is 1. The quantitative estimate of drug-likeness (QED) is 0.624.